The van der Waals surface area contributed by atoms with Gasteiger partial charge in [-0.3, -0.25) is 4.79 Å². The van der Waals surface area contributed by atoms with Gasteiger partial charge in [-0.2, -0.15) is 5.26 Å². The molecule has 1 amide bonds. The van der Waals surface area contributed by atoms with Crippen LogP contribution in [0.25, 0.3) is 0 Å². The first-order valence-electron chi connectivity index (χ1n) is 5.59. The van der Waals surface area contributed by atoms with E-state index in [1.807, 2.05) is 6.07 Å². The molecule has 6 heteroatoms. The Balaban J connectivity index is 2.51. The molecule has 0 aromatic carbocycles. The number of nitrogens with zero attached hydrogens (tertiary/aromatic N) is 1. The molecule has 17 heavy (non-hydrogen) atoms. The fraction of sp³-hybridized carbons (Fsp3) is 0.727. The van der Waals surface area contributed by atoms with Gasteiger partial charge in [0.15, 0.2) is 0 Å². The molecule has 0 radical (unpaired) electrons. The van der Waals surface area contributed by atoms with Crippen molar-refractivity contribution in [3.8, 4) is 6.07 Å². The number of ether oxygens (including phenoxy) is 1. The smallest absolute Gasteiger partial charge is 0.326 e. The molecule has 0 unspecified atom stereocenters. The molecule has 94 valence electrons. The predicted molar refractivity (Wildman–Crippen MR) is 57.9 cm³/mol. The number of hydrogen-bond donors (Lipinski definition) is 2. The van der Waals surface area contributed by atoms with Crippen molar-refractivity contribution in [2.45, 2.75) is 38.3 Å². The third-order valence-electron chi connectivity index (χ3n) is 2.65. The summed E-state index contributed by atoms with van der Waals surface area (Å²) < 4.78 is 5.16. The first kappa shape index (κ1) is 13.5. The number of carbonyl (C=O) groups is 2. The van der Waals surface area contributed by atoms with Crippen LogP contribution in [0, 0.1) is 17.2 Å². The lowest BCUT2D eigenvalue weighted by Crippen LogP contribution is -2.46. The van der Waals surface area contributed by atoms with Gasteiger partial charge in [0.25, 0.3) is 0 Å². The van der Waals surface area contributed by atoms with Crippen LogP contribution >= 0.6 is 0 Å². The van der Waals surface area contributed by atoms with Crippen LogP contribution in [0.15, 0.2) is 0 Å². The average Bonchev–Trinajstić information content (AvgIpc) is 2.81. The third-order valence-corrected chi connectivity index (χ3v) is 2.65. The Bertz CT molecular complexity index is 331. The summed E-state index contributed by atoms with van der Waals surface area (Å²) in [5.41, 5.74) is 0. The molecule has 0 aliphatic carbocycles. The summed E-state index contributed by atoms with van der Waals surface area (Å²) in [6, 6.07) is 0.921. The molecule has 1 aliphatic heterocycles. The Kier molecular flexibility index (Phi) is 4.91. The van der Waals surface area contributed by atoms with Crippen LogP contribution in [0.2, 0.25) is 0 Å². The number of hydrogen-bond acceptors (Lipinski definition) is 4. The van der Waals surface area contributed by atoms with E-state index in [0.29, 0.717) is 13.0 Å². The second-order valence-electron chi connectivity index (χ2n) is 4.17. The average molecular weight is 240 g/mol. The standard InChI is InChI=1S/C11H16N2O4/c1-7(6-12)5-8(11(15)16)13-10(14)9-3-2-4-17-9/h7-9H,2-5H2,1H3,(H,13,14)(H,15,16)/t7-,8+,9-/m1/s1. The van der Waals surface area contributed by atoms with Crippen LogP contribution in [0.1, 0.15) is 26.2 Å². The maximum absolute atomic E-state index is 11.6. The zero-order valence-electron chi connectivity index (χ0n) is 9.68. The summed E-state index contributed by atoms with van der Waals surface area (Å²) in [6.45, 7) is 2.15. The van der Waals surface area contributed by atoms with E-state index < -0.39 is 29.9 Å². The van der Waals surface area contributed by atoms with E-state index in [1.54, 1.807) is 6.92 Å². The number of carboxylic acid groups (broad SMARTS) is 1. The number of carbonyl (C=O) groups excluding carboxylic acids is 1. The molecule has 6 nitrogen and oxygen atoms in total. The number of aliphatic carboxylic acids is 1. The second kappa shape index (κ2) is 6.21. The van der Waals surface area contributed by atoms with Crippen molar-refractivity contribution in [3.05, 3.63) is 0 Å². The van der Waals surface area contributed by atoms with Crippen molar-refractivity contribution in [3.63, 3.8) is 0 Å². The van der Waals surface area contributed by atoms with Crippen molar-refractivity contribution in [2.24, 2.45) is 5.92 Å². The molecule has 2 N–H and O–H groups in total. The van der Waals surface area contributed by atoms with Crippen molar-refractivity contribution in [1.82, 2.24) is 5.32 Å². The minimum Gasteiger partial charge on any atom is -0.480 e. The Hall–Kier alpha value is -1.61. The maximum atomic E-state index is 11.6. The lowest BCUT2D eigenvalue weighted by molar-refractivity contribution is -0.144. The summed E-state index contributed by atoms with van der Waals surface area (Å²) in [7, 11) is 0. The van der Waals surface area contributed by atoms with Crippen LogP contribution in [-0.4, -0.2) is 35.7 Å². The van der Waals surface area contributed by atoms with Gasteiger partial charge in [-0.25, -0.2) is 4.79 Å². The van der Waals surface area contributed by atoms with E-state index in [-0.39, 0.29) is 6.42 Å². The quantitative estimate of drug-likeness (QED) is 0.719. The number of nitriles is 1. The minimum atomic E-state index is -1.13. The van der Waals surface area contributed by atoms with Gasteiger partial charge < -0.3 is 15.2 Å². The SMILES string of the molecule is C[C@@H](C#N)C[C@H](NC(=O)[C@H]1CCCO1)C(=O)O. The van der Waals surface area contributed by atoms with Crippen molar-refractivity contribution >= 4 is 11.9 Å². The van der Waals surface area contributed by atoms with Gasteiger partial charge in [0.1, 0.15) is 12.1 Å². The van der Waals surface area contributed by atoms with Gasteiger partial charge in [0, 0.05) is 12.5 Å². The largest absolute Gasteiger partial charge is 0.480 e. The van der Waals surface area contributed by atoms with Crippen LogP contribution in [0.3, 0.4) is 0 Å². The normalized spacial score (nSPS) is 22.5. The molecule has 1 saturated heterocycles. The van der Waals surface area contributed by atoms with Gasteiger partial charge in [-0.1, -0.05) is 0 Å². The zero-order chi connectivity index (χ0) is 12.8. The molecule has 0 bridgehead atoms. The number of rotatable bonds is 5. The van der Waals surface area contributed by atoms with Crippen molar-refractivity contribution in [2.75, 3.05) is 6.61 Å². The Morgan fingerprint density at radius 3 is 2.82 bits per heavy atom. The molecular weight excluding hydrogens is 224 g/mol. The van der Waals surface area contributed by atoms with Gasteiger partial charge in [-0.15, -0.1) is 0 Å². The van der Waals surface area contributed by atoms with Crippen molar-refractivity contribution in [1.29, 1.82) is 5.26 Å². The molecule has 1 rings (SSSR count). The van der Waals surface area contributed by atoms with E-state index in [0.717, 1.165) is 6.42 Å². The van der Waals surface area contributed by atoms with E-state index in [9.17, 15) is 9.59 Å². The topological polar surface area (TPSA) is 99.4 Å². The first-order chi connectivity index (χ1) is 8.04. The first-order valence-corrected chi connectivity index (χ1v) is 5.59. The van der Waals surface area contributed by atoms with E-state index in [1.165, 1.54) is 0 Å². The summed E-state index contributed by atoms with van der Waals surface area (Å²) in [5.74, 6) is -1.95. The van der Waals surface area contributed by atoms with E-state index >= 15 is 0 Å². The van der Waals surface area contributed by atoms with Gasteiger partial charge in [-0.05, 0) is 26.2 Å². The number of nitrogens with one attached hydrogen (secondary N) is 1. The Morgan fingerprint density at radius 2 is 2.35 bits per heavy atom. The summed E-state index contributed by atoms with van der Waals surface area (Å²) in [6.07, 6.45) is 0.981. The fourth-order valence-electron chi connectivity index (χ4n) is 1.68. The predicted octanol–water partition coefficient (Wildman–Crippen LogP) is 0.285. The van der Waals surface area contributed by atoms with Gasteiger partial charge >= 0.3 is 5.97 Å². The minimum absolute atomic E-state index is 0.101. The van der Waals surface area contributed by atoms with E-state index in [2.05, 4.69) is 5.32 Å². The molecule has 0 aromatic heterocycles. The molecule has 0 saturated carbocycles. The highest BCUT2D eigenvalue weighted by molar-refractivity contribution is 5.86. The number of carboxylic acids is 1. The fourth-order valence-corrected chi connectivity index (χ4v) is 1.68. The molecule has 1 aliphatic rings. The highest BCUT2D eigenvalue weighted by atomic mass is 16.5. The molecule has 1 fully saturated rings. The van der Waals surface area contributed by atoms with Gasteiger partial charge in [0.05, 0.1) is 6.07 Å². The number of amides is 1. The molecule has 1 heterocycles. The lowest BCUT2D eigenvalue weighted by atomic mass is 10.0. The molecule has 3 atom stereocenters. The monoisotopic (exact) mass is 240 g/mol. The second-order valence-corrected chi connectivity index (χ2v) is 4.17. The summed E-state index contributed by atoms with van der Waals surface area (Å²) in [5, 5.41) is 20.0. The van der Waals surface area contributed by atoms with Crippen LogP contribution in [0.5, 0.6) is 0 Å². The van der Waals surface area contributed by atoms with Gasteiger partial charge in [0.2, 0.25) is 5.91 Å². The highest BCUT2D eigenvalue weighted by Crippen LogP contribution is 2.13. The third kappa shape index (κ3) is 4.04. The Labute approximate surface area is 99.6 Å². The van der Waals surface area contributed by atoms with Crippen LogP contribution in [-0.2, 0) is 14.3 Å². The molecule has 0 spiro atoms. The van der Waals surface area contributed by atoms with Crippen LogP contribution < -0.4 is 5.32 Å². The van der Waals surface area contributed by atoms with Crippen molar-refractivity contribution < 1.29 is 19.4 Å². The maximum Gasteiger partial charge on any atom is 0.326 e. The van der Waals surface area contributed by atoms with E-state index in [4.69, 9.17) is 15.1 Å². The zero-order valence-corrected chi connectivity index (χ0v) is 9.68. The lowest BCUT2D eigenvalue weighted by Gasteiger charge is -2.17. The summed E-state index contributed by atoms with van der Waals surface area (Å²) in [4.78, 5) is 22.6. The Morgan fingerprint density at radius 1 is 1.65 bits per heavy atom. The summed E-state index contributed by atoms with van der Waals surface area (Å²) >= 11 is 0. The molecular formula is C11H16N2O4. The molecule has 0 aromatic rings. The van der Waals surface area contributed by atoms with Crippen LogP contribution in [0.4, 0.5) is 0 Å². The highest BCUT2D eigenvalue weighted by Gasteiger charge is 2.28.